The van der Waals surface area contributed by atoms with Crippen LogP contribution >= 0.6 is 11.6 Å². The van der Waals surface area contributed by atoms with E-state index in [0.717, 1.165) is 10.6 Å². The van der Waals surface area contributed by atoms with Crippen molar-refractivity contribution in [3.63, 3.8) is 0 Å². The van der Waals surface area contributed by atoms with Crippen molar-refractivity contribution in [3.05, 3.63) is 53.6 Å². The Morgan fingerprint density at radius 3 is 2.23 bits per heavy atom. The van der Waals surface area contributed by atoms with Gasteiger partial charge in [0.15, 0.2) is 0 Å². The van der Waals surface area contributed by atoms with Crippen molar-refractivity contribution in [2.24, 2.45) is 0 Å². The van der Waals surface area contributed by atoms with Crippen LogP contribution in [0.2, 0.25) is 5.02 Å². The monoisotopic (exact) mass is 396 g/mol. The fourth-order valence-corrected chi connectivity index (χ4v) is 3.75. The number of ether oxygens (including phenoxy) is 1. The third-order valence-corrected chi connectivity index (χ3v) is 5.10. The van der Waals surface area contributed by atoms with Crippen molar-refractivity contribution in [2.75, 3.05) is 22.5 Å². The number of carbonyl (C=O) groups excluding carboxylic acids is 1. The van der Waals surface area contributed by atoms with Crippen molar-refractivity contribution < 1.29 is 17.9 Å². The average Bonchev–Trinajstić information content (AvgIpc) is 2.57. The number of rotatable bonds is 7. The molecule has 0 unspecified atom stereocenters. The molecule has 0 aromatic heterocycles. The summed E-state index contributed by atoms with van der Waals surface area (Å²) in [6.07, 6.45) is 1.07. The summed E-state index contributed by atoms with van der Waals surface area (Å²) in [7, 11) is -3.68. The zero-order chi connectivity index (χ0) is 19.3. The van der Waals surface area contributed by atoms with E-state index in [4.69, 9.17) is 16.3 Å². The number of halogens is 1. The van der Waals surface area contributed by atoms with Crippen LogP contribution in [0.1, 0.15) is 13.8 Å². The van der Waals surface area contributed by atoms with Crippen molar-refractivity contribution >= 4 is 38.9 Å². The fourth-order valence-electron chi connectivity index (χ4n) is 2.44. The fraction of sp³-hybridized carbons (Fsp3) is 0.278. The number of amides is 1. The van der Waals surface area contributed by atoms with Crippen molar-refractivity contribution in [1.29, 1.82) is 0 Å². The Bertz CT molecular complexity index is 852. The number of carbonyl (C=O) groups is 1. The summed E-state index contributed by atoms with van der Waals surface area (Å²) in [4.78, 5) is 12.6. The second kappa shape index (κ2) is 8.42. The van der Waals surface area contributed by atoms with Gasteiger partial charge in [-0.2, -0.15) is 0 Å². The van der Waals surface area contributed by atoms with Crippen LogP contribution in [-0.4, -0.2) is 33.2 Å². The van der Waals surface area contributed by atoms with E-state index < -0.39 is 22.0 Å². The SMILES string of the molecule is CCOc1ccc(N([C@@H](C)C(=O)Nc2ccc(Cl)cc2)S(C)(=O)=O)cc1. The van der Waals surface area contributed by atoms with E-state index in [1.54, 1.807) is 48.5 Å². The standard InChI is InChI=1S/C18H21ClN2O4S/c1-4-25-17-11-9-16(10-12-17)21(26(3,23)24)13(2)18(22)20-15-7-5-14(19)6-8-15/h5-13H,4H2,1-3H3,(H,20,22)/t13-/m0/s1. The van der Waals surface area contributed by atoms with Crippen LogP contribution in [0.4, 0.5) is 11.4 Å². The number of benzene rings is 2. The van der Waals surface area contributed by atoms with E-state index in [1.165, 1.54) is 6.92 Å². The van der Waals surface area contributed by atoms with Crippen LogP contribution in [0, 0.1) is 0 Å². The normalized spacial score (nSPS) is 12.3. The van der Waals surface area contributed by atoms with Gasteiger partial charge >= 0.3 is 0 Å². The van der Waals surface area contributed by atoms with Gasteiger partial charge in [-0.1, -0.05) is 11.6 Å². The maximum absolute atomic E-state index is 12.6. The first-order valence-corrected chi connectivity index (χ1v) is 10.2. The third-order valence-electron chi connectivity index (χ3n) is 3.60. The molecule has 0 saturated carbocycles. The molecule has 2 rings (SSSR count). The molecular formula is C18H21ClN2O4S. The van der Waals surface area contributed by atoms with Crippen LogP contribution in [0.15, 0.2) is 48.5 Å². The molecule has 140 valence electrons. The van der Waals surface area contributed by atoms with Gasteiger partial charge in [-0.3, -0.25) is 9.10 Å². The first-order valence-electron chi connectivity index (χ1n) is 8.01. The van der Waals surface area contributed by atoms with Gasteiger partial charge in [0.1, 0.15) is 11.8 Å². The number of sulfonamides is 1. The molecule has 0 spiro atoms. The van der Waals surface area contributed by atoms with E-state index in [2.05, 4.69) is 5.32 Å². The van der Waals surface area contributed by atoms with Crippen LogP contribution in [0.3, 0.4) is 0 Å². The molecule has 2 aromatic rings. The lowest BCUT2D eigenvalue weighted by Gasteiger charge is -2.28. The number of hydrogen-bond donors (Lipinski definition) is 1. The van der Waals surface area contributed by atoms with E-state index in [1.807, 2.05) is 6.92 Å². The Kier molecular flexibility index (Phi) is 6.50. The van der Waals surface area contributed by atoms with Gasteiger partial charge in [-0.05, 0) is 62.4 Å². The second-order valence-electron chi connectivity index (χ2n) is 5.66. The number of hydrogen-bond acceptors (Lipinski definition) is 4. The highest BCUT2D eigenvalue weighted by Crippen LogP contribution is 2.24. The molecule has 0 aliphatic heterocycles. The molecule has 0 saturated heterocycles. The van der Waals surface area contributed by atoms with E-state index in [-0.39, 0.29) is 0 Å². The lowest BCUT2D eigenvalue weighted by atomic mass is 10.2. The maximum atomic E-state index is 12.6. The topological polar surface area (TPSA) is 75.7 Å². The Balaban J connectivity index is 2.25. The van der Waals surface area contributed by atoms with Gasteiger partial charge in [0.05, 0.1) is 18.6 Å². The number of nitrogens with zero attached hydrogens (tertiary/aromatic N) is 1. The summed E-state index contributed by atoms with van der Waals surface area (Å²) < 4.78 is 31.0. The van der Waals surface area contributed by atoms with E-state index in [0.29, 0.717) is 28.8 Å². The zero-order valence-corrected chi connectivity index (χ0v) is 16.3. The molecule has 1 atom stereocenters. The van der Waals surface area contributed by atoms with Crippen molar-refractivity contribution in [2.45, 2.75) is 19.9 Å². The summed E-state index contributed by atoms with van der Waals surface area (Å²) >= 11 is 5.83. The molecule has 0 heterocycles. The lowest BCUT2D eigenvalue weighted by molar-refractivity contribution is -0.116. The van der Waals surface area contributed by atoms with E-state index >= 15 is 0 Å². The molecule has 6 nitrogen and oxygen atoms in total. The van der Waals surface area contributed by atoms with Crippen LogP contribution in [0.25, 0.3) is 0 Å². The summed E-state index contributed by atoms with van der Waals surface area (Å²) in [5, 5.41) is 3.24. The first kappa shape index (κ1) is 20.1. The minimum atomic E-state index is -3.68. The third kappa shape index (κ3) is 5.12. The van der Waals surface area contributed by atoms with Gasteiger partial charge in [-0.15, -0.1) is 0 Å². The van der Waals surface area contributed by atoms with Crippen LogP contribution in [0.5, 0.6) is 5.75 Å². The lowest BCUT2D eigenvalue weighted by Crippen LogP contribution is -2.45. The van der Waals surface area contributed by atoms with Gasteiger partial charge < -0.3 is 10.1 Å². The van der Waals surface area contributed by atoms with Crippen LogP contribution < -0.4 is 14.4 Å². The molecule has 26 heavy (non-hydrogen) atoms. The summed E-state index contributed by atoms with van der Waals surface area (Å²) in [5.74, 6) is 0.176. The highest BCUT2D eigenvalue weighted by atomic mass is 35.5. The van der Waals surface area contributed by atoms with Gasteiger partial charge in [0, 0.05) is 10.7 Å². The molecular weight excluding hydrogens is 376 g/mol. The van der Waals surface area contributed by atoms with Crippen molar-refractivity contribution in [1.82, 2.24) is 0 Å². The van der Waals surface area contributed by atoms with Gasteiger partial charge in [0.25, 0.3) is 0 Å². The molecule has 1 N–H and O–H groups in total. The Morgan fingerprint density at radius 1 is 1.15 bits per heavy atom. The highest BCUT2D eigenvalue weighted by molar-refractivity contribution is 7.92. The Morgan fingerprint density at radius 2 is 1.73 bits per heavy atom. The molecule has 0 aliphatic carbocycles. The minimum absolute atomic E-state index is 0.384. The maximum Gasteiger partial charge on any atom is 0.247 e. The zero-order valence-electron chi connectivity index (χ0n) is 14.8. The van der Waals surface area contributed by atoms with E-state index in [9.17, 15) is 13.2 Å². The predicted molar refractivity (Wildman–Crippen MR) is 104 cm³/mol. The Labute approximate surface area is 158 Å². The molecule has 0 radical (unpaired) electrons. The molecule has 2 aromatic carbocycles. The first-order chi connectivity index (χ1) is 12.2. The van der Waals surface area contributed by atoms with Gasteiger partial charge in [-0.25, -0.2) is 8.42 Å². The Hall–Kier alpha value is -2.25. The smallest absolute Gasteiger partial charge is 0.247 e. The van der Waals surface area contributed by atoms with Crippen molar-refractivity contribution in [3.8, 4) is 5.75 Å². The summed E-state index contributed by atoms with van der Waals surface area (Å²) in [6, 6.07) is 12.2. The van der Waals surface area contributed by atoms with Crippen LogP contribution in [-0.2, 0) is 14.8 Å². The molecule has 0 aliphatic rings. The highest BCUT2D eigenvalue weighted by Gasteiger charge is 2.29. The second-order valence-corrected chi connectivity index (χ2v) is 7.95. The molecule has 0 bridgehead atoms. The molecule has 8 heteroatoms. The largest absolute Gasteiger partial charge is 0.494 e. The predicted octanol–water partition coefficient (Wildman–Crippen LogP) is 3.53. The minimum Gasteiger partial charge on any atom is -0.494 e. The number of nitrogens with one attached hydrogen (secondary N) is 1. The summed E-state index contributed by atoms with van der Waals surface area (Å²) in [6.45, 7) is 3.90. The average molecular weight is 397 g/mol. The quantitative estimate of drug-likeness (QED) is 0.776. The van der Waals surface area contributed by atoms with Gasteiger partial charge in [0.2, 0.25) is 15.9 Å². The molecule has 0 fully saturated rings. The molecule has 1 amide bonds. The number of anilines is 2. The summed E-state index contributed by atoms with van der Waals surface area (Å²) in [5.41, 5.74) is 0.918.